The standard InChI is InChI=1S/C14H20BrNO3/c1-10(6-14(17)18)8-16(2)9-11-4-5-13(19-3)12(15)7-11/h4-5,7,10H,6,8-9H2,1-3H3,(H,17,18). The van der Waals surface area contributed by atoms with Gasteiger partial charge in [-0.1, -0.05) is 13.0 Å². The largest absolute Gasteiger partial charge is 0.496 e. The summed E-state index contributed by atoms with van der Waals surface area (Å²) in [5.74, 6) is 0.211. The molecule has 0 fully saturated rings. The first-order valence-electron chi connectivity index (χ1n) is 6.15. The molecule has 19 heavy (non-hydrogen) atoms. The Morgan fingerprint density at radius 2 is 2.21 bits per heavy atom. The maximum Gasteiger partial charge on any atom is 0.303 e. The molecule has 0 radical (unpaired) electrons. The van der Waals surface area contributed by atoms with Gasteiger partial charge < -0.3 is 14.7 Å². The first-order valence-corrected chi connectivity index (χ1v) is 6.94. The van der Waals surface area contributed by atoms with Crippen molar-refractivity contribution < 1.29 is 14.6 Å². The van der Waals surface area contributed by atoms with E-state index in [1.54, 1.807) is 7.11 Å². The third-order valence-corrected chi connectivity index (χ3v) is 3.43. The van der Waals surface area contributed by atoms with Crippen LogP contribution in [0.25, 0.3) is 0 Å². The van der Waals surface area contributed by atoms with Crippen molar-refractivity contribution in [1.82, 2.24) is 4.90 Å². The van der Waals surface area contributed by atoms with Crippen LogP contribution in [0.2, 0.25) is 0 Å². The van der Waals surface area contributed by atoms with Crippen LogP contribution in [-0.4, -0.2) is 36.7 Å². The minimum atomic E-state index is -0.743. The second-order valence-electron chi connectivity index (χ2n) is 4.87. The molecular weight excluding hydrogens is 310 g/mol. The van der Waals surface area contributed by atoms with Gasteiger partial charge in [0.1, 0.15) is 5.75 Å². The topological polar surface area (TPSA) is 49.8 Å². The van der Waals surface area contributed by atoms with Crippen molar-refractivity contribution in [1.29, 1.82) is 0 Å². The fourth-order valence-electron chi connectivity index (χ4n) is 2.08. The van der Waals surface area contributed by atoms with Crippen LogP contribution in [0.1, 0.15) is 18.9 Å². The van der Waals surface area contributed by atoms with Crippen LogP contribution < -0.4 is 4.74 Å². The second kappa shape index (κ2) is 7.50. The molecule has 0 aliphatic rings. The van der Waals surface area contributed by atoms with Crippen molar-refractivity contribution in [3.05, 3.63) is 28.2 Å². The molecule has 5 heteroatoms. The van der Waals surface area contributed by atoms with Gasteiger partial charge in [0, 0.05) is 19.5 Å². The normalized spacial score (nSPS) is 12.5. The lowest BCUT2D eigenvalue weighted by Crippen LogP contribution is -2.25. The molecule has 1 aromatic rings. The van der Waals surface area contributed by atoms with Gasteiger partial charge in [0.2, 0.25) is 0 Å². The predicted octanol–water partition coefficient (Wildman–Crippen LogP) is 3.00. The summed E-state index contributed by atoms with van der Waals surface area (Å²) in [5, 5.41) is 8.74. The molecule has 1 rings (SSSR count). The van der Waals surface area contributed by atoms with E-state index in [2.05, 4.69) is 20.8 Å². The summed E-state index contributed by atoms with van der Waals surface area (Å²) < 4.78 is 6.12. The highest BCUT2D eigenvalue weighted by atomic mass is 79.9. The highest BCUT2D eigenvalue weighted by molar-refractivity contribution is 9.10. The third-order valence-electron chi connectivity index (χ3n) is 2.82. The molecule has 1 N–H and O–H groups in total. The SMILES string of the molecule is COc1ccc(CN(C)CC(C)CC(=O)O)cc1Br. The molecule has 0 bridgehead atoms. The number of ether oxygens (including phenoxy) is 1. The summed E-state index contributed by atoms with van der Waals surface area (Å²) in [5.41, 5.74) is 1.16. The van der Waals surface area contributed by atoms with E-state index in [4.69, 9.17) is 9.84 Å². The van der Waals surface area contributed by atoms with Gasteiger partial charge in [-0.2, -0.15) is 0 Å². The molecule has 0 aliphatic carbocycles. The molecule has 0 heterocycles. The molecule has 1 aromatic carbocycles. The van der Waals surface area contributed by atoms with E-state index in [0.29, 0.717) is 0 Å². The number of aliphatic carboxylic acids is 1. The Kier molecular flexibility index (Phi) is 6.31. The van der Waals surface area contributed by atoms with Crippen molar-refractivity contribution in [3.8, 4) is 5.75 Å². The quantitative estimate of drug-likeness (QED) is 0.835. The molecule has 0 saturated heterocycles. The summed E-state index contributed by atoms with van der Waals surface area (Å²) in [4.78, 5) is 12.8. The molecule has 106 valence electrons. The van der Waals surface area contributed by atoms with Gasteiger partial charge >= 0.3 is 5.97 Å². The Morgan fingerprint density at radius 1 is 1.53 bits per heavy atom. The first kappa shape index (κ1) is 16.0. The molecular formula is C14H20BrNO3. The van der Waals surface area contributed by atoms with Crippen molar-refractivity contribution in [3.63, 3.8) is 0 Å². The number of halogens is 1. The second-order valence-corrected chi connectivity index (χ2v) is 5.72. The van der Waals surface area contributed by atoms with Gasteiger partial charge in [-0.3, -0.25) is 4.79 Å². The van der Waals surface area contributed by atoms with E-state index in [1.807, 2.05) is 32.2 Å². The zero-order chi connectivity index (χ0) is 14.4. The maximum absolute atomic E-state index is 10.6. The molecule has 0 saturated carbocycles. The van der Waals surface area contributed by atoms with Gasteiger partial charge in [-0.05, 0) is 46.6 Å². The van der Waals surface area contributed by atoms with E-state index < -0.39 is 5.97 Å². The molecule has 0 aliphatic heterocycles. The van der Waals surface area contributed by atoms with Crippen molar-refractivity contribution in [2.45, 2.75) is 19.9 Å². The average molecular weight is 330 g/mol. The Bertz CT molecular complexity index is 437. The van der Waals surface area contributed by atoms with E-state index in [1.165, 1.54) is 0 Å². The number of nitrogens with zero attached hydrogens (tertiary/aromatic N) is 1. The monoisotopic (exact) mass is 329 g/mol. The van der Waals surface area contributed by atoms with Gasteiger partial charge in [-0.15, -0.1) is 0 Å². The molecule has 0 spiro atoms. The lowest BCUT2D eigenvalue weighted by molar-refractivity contribution is -0.138. The smallest absolute Gasteiger partial charge is 0.303 e. The highest BCUT2D eigenvalue weighted by Crippen LogP contribution is 2.26. The Balaban J connectivity index is 2.54. The molecule has 1 atom stereocenters. The zero-order valence-corrected chi connectivity index (χ0v) is 13.1. The predicted molar refractivity (Wildman–Crippen MR) is 78.4 cm³/mol. The van der Waals surface area contributed by atoms with E-state index >= 15 is 0 Å². The molecule has 0 aromatic heterocycles. The minimum Gasteiger partial charge on any atom is -0.496 e. The first-order chi connectivity index (χ1) is 8.92. The van der Waals surface area contributed by atoms with Crippen LogP contribution in [0.5, 0.6) is 5.75 Å². The van der Waals surface area contributed by atoms with Gasteiger partial charge in [0.15, 0.2) is 0 Å². The van der Waals surface area contributed by atoms with E-state index in [-0.39, 0.29) is 12.3 Å². The van der Waals surface area contributed by atoms with Gasteiger partial charge in [0.05, 0.1) is 11.6 Å². The van der Waals surface area contributed by atoms with Crippen molar-refractivity contribution in [2.75, 3.05) is 20.7 Å². The van der Waals surface area contributed by atoms with Crippen LogP contribution >= 0.6 is 15.9 Å². The van der Waals surface area contributed by atoms with Gasteiger partial charge in [-0.25, -0.2) is 0 Å². The van der Waals surface area contributed by atoms with Crippen LogP contribution in [0, 0.1) is 5.92 Å². The van der Waals surface area contributed by atoms with E-state index in [0.717, 1.165) is 28.9 Å². The number of benzene rings is 1. The minimum absolute atomic E-state index is 0.143. The van der Waals surface area contributed by atoms with Crippen molar-refractivity contribution >= 4 is 21.9 Å². The van der Waals surface area contributed by atoms with Crippen LogP contribution in [0.3, 0.4) is 0 Å². The summed E-state index contributed by atoms with van der Waals surface area (Å²) in [7, 11) is 3.63. The summed E-state index contributed by atoms with van der Waals surface area (Å²) >= 11 is 3.46. The number of carbonyl (C=O) groups is 1. The van der Waals surface area contributed by atoms with E-state index in [9.17, 15) is 4.79 Å². The number of carboxylic acids is 1. The lowest BCUT2D eigenvalue weighted by atomic mass is 10.1. The van der Waals surface area contributed by atoms with Crippen LogP contribution in [0.4, 0.5) is 0 Å². The van der Waals surface area contributed by atoms with Gasteiger partial charge in [0.25, 0.3) is 0 Å². The fraction of sp³-hybridized carbons (Fsp3) is 0.500. The van der Waals surface area contributed by atoms with Crippen molar-refractivity contribution in [2.24, 2.45) is 5.92 Å². The maximum atomic E-state index is 10.6. The summed E-state index contributed by atoms with van der Waals surface area (Å²) in [6, 6.07) is 5.97. The Hall–Kier alpha value is -1.07. The number of carboxylic acid groups (broad SMARTS) is 1. The Morgan fingerprint density at radius 3 is 2.74 bits per heavy atom. The van der Waals surface area contributed by atoms with Crippen LogP contribution in [0.15, 0.2) is 22.7 Å². The number of hydrogen-bond donors (Lipinski definition) is 1. The molecule has 4 nitrogen and oxygen atoms in total. The Labute approximate surface area is 122 Å². The number of hydrogen-bond acceptors (Lipinski definition) is 3. The third kappa shape index (κ3) is 5.61. The van der Waals surface area contributed by atoms with Crippen LogP contribution in [-0.2, 0) is 11.3 Å². The lowest BCUT2D eigenvalue weighted by Gasteiger charge is -2.20. The highest BCUT2D eigenvalue weighted by Gasteiger charge is 2.11. The average Bonchev–Trinajstić information content (AvgIpc) is 2.27. The zero-order valence-electron chi connectivity index (χ0n) is 11.5. The number of rotatable bonds is 7. The molecule has 0 amide bonds. The summed E-state index contributed by atoms with van der Waals surface area (Å²) in [6.07, 6.45) is 0.205. The fourth-order valence-corrected chi connectivity index (χ4v) is 2.67. The molecule has 1 unspecified atom stereocenters. The summed E-state index contributed by atoms with van der Waals surface area (Å²) in [6.45, 7) is 3.50. The number of methoxy groups -OCH3 is 1.